The van der Waals surface area contributed by atoms with Crippen LogP contribution in [0.1, 0.15) is 20.3 Å². The molecular weight excluding hydrogens is 369 g/mol. The summed E-state index contributed by atoms with van der Waals surface area (Å²) in [5.74, 6) is 1.16. The maximum atomic E-state index is 6.26. The molecule has 0 unspecified atom stereocenters. The third-order valence-electron chi connectivity index (χ3n) is 3.86. The van der Waals surface area contributed by atoms with E-state index in [1.807, 2.05) is 18.2 Å². The third kappa shape index (κ3) is 4.62. The highest BCUT2D eigenvalue weighted by Gasteiger charge is 2.10. The second kappa shape index (κ2) is 8.34. The zero-order valence-electron chi connectivity index (χ0n) is 14.5. The molecule has 0 spiro atoms. The zero-order chi connectivity index (χ0) is 18.5. The lowest BCUT2D eigenvalue weighted by Gasteiger charge is -2.15. The zero-order valence-corrected chi connectivity index (χ0v) is 16.0. The standard InChI is InChI=1S/C19H19Cl2N5/c1-3-12(2)23-19-25-16(13-5-4-8-22-11-13)10-18(26-19)24-17-9-14(20)6-7-15(17)21/h4-12H,3H2,1-2H3,(H2,23,24,25,26)/t12-/m1/s1. The average molecular weight is 388 g/mol. The number of anilines is 3. The molecule has 134 valence electrons. The van der Waals surface area contributed by atoms with Crippen molar-refractivity contribution in [1.82, 2.24) is 15.0 Å². The number of benzene rings is 1. The smallest absolute Gasteiger partial charge is 0.225 e. The monoisotopic (exact) mass is 387 g/mol. The van der Waals surface area contributed by atoms with E-state index in [0.717, 1.165) is 17.7 Å². The molecule has 3 rings (SSSR count). The lowest BCUT2D eigenvalue weighted by molar-refractivity contribution is 0.753. The SMILES string of the molecule is CC[C@@H](C)Nc1nc(Nc2cc(Cl)ccc2Cl)cc(-c2cccnc2)n1. The first-order valence-corrected chi connectivity index (χ1v) is 9.09. The van der Waals surface area contributed by atoms with Crippen LogP contribution in [0.3, 0.4) is 0 Å². The van der Waals surface area contributed by atoms with Crippen LogP contribution in [-0.4, -0.2) is 21.0 Å². The van der Waals surface area contributed by atoms with Gasteiger partial charge < -0.3 is 10.6 Å². The summed E-state index contributed by atoms with van der Waals surface area (Å²) in [6.07, 6.45) is 4.46. The van der Waals surface area contributed by atoms with Gasteiger partial charge in [-0.25, -0.2) is 4.98 Å². The molecule has 26 heavy (non-hydrogen) atoms. The summed E-state index contributed by atoms with van der Waals surface area (Å²) >= 11 is 12.3. The van der Waals surface area contributed by atoms with Gasteiger partial charge in [-0.2, -0.15) is 4.98 Å². The molecule has 0 bridgehead atoms. The number of halogens is 2. The van der Waals surface area contributed by atoms with Crippen molar-refractivity contribution in [3.8, 4) is 11.3 Å². The van der Waals surface area contributed by atoms with Crippen LogP contribution in [0.4, 0.5) is 17.5 Å². The quantitative estimate of drug-likeness (QED) is 0.559. The van der Waals surface area contributed by atoms with Crippen LogP contribution in [0.2, 0.25) is 10.0 Å². The fraction of sp³-hybridized carbons (Fsp3) is 0.211. The molecule has 0 radical (unpaired) electrons. The van der Waals surface area contributed by atoms with Gasteiger partial charge in [0.1, 0.15) is 5.82 Å². The number of hydrogen-bond donors (Lipinski definition) is 2. The molecule has 7 heteroatoms. The molecule has 2 N–H and O–H groups in total. The topological polar surface area (TPSA) is 62.7 Å². The largest absolute Gasteiger partial charge is 0.352 e. The van der Waals surface area contributed by atoms with E-state index in [1.165, 1.54) is 0 Å². The second-order valence-electron chi connectivity index (χ2n) is 5.91. The van der Waals surface area contributed by atoms with E-state index < -0.39 is 0 Å². The number of nitrogens with one attached hydrogen (secondary N) is 2. The van der Waals surface area contributed by atoms with Gasteiger partial charge in [0.05, 0.1) is 16.4 Å². The highest BCUT2D eigenvalue weighted by Crippen LogP contribution is 2.29. The number of hydrogen-bond acceptors (Lipinski definition) is 5. The second-order valence-corrected chi connectivity index (χ2v) is 6.75. The Bertz CT molecular complexity index is 886. The molecular formula is C19H19Cl2N5. The molecule has 0 amide bonds. The van der Waals surface area contributed by atoms with Gasteiger partial charge >= 0.3 is 0 Å². The van der Waals surface area contributed by atoms with Gasteiger partial charge in [-0.1, -0.05) is 30.1 Å². The highest BCUT2D eigenvalue weighted by atomic mass is 35.5. The Morgan fingerprint density at radius 2 is 1.96 bits per heavy atom. The molecule has 1 aromatic carbocycles. The first-order chi connectivity index (χ1) is 12.5. The Labute approximate surface area is 162 Å². The van der Waals surface area contributed by atoms with Crippen molar-refractivity contribution >= 4 is 40.7 Å². The predicted octanol–water partition coefficient (Wildman–Crippen LogP) is 5.80. The molecule has 0 saturated carbocycles. The molecule has 1 atom stereocenters. The van der Waals surface area contributed by atoms with Crippen molar-refractivity contribution in [3.05, 3.63) is 58.8 Å². The van der Waals surface area contributed by atoms with Crippen LogP contribution in [0, 0.1) is 0 Å². The predicted molar refractivity (Wildman–Crippen MR) is 108 cm³/mol. The van der Waals surface area contributed by atoms with E-state index in [9.17, 15) is 0 Å². The van der Waals surface area contributed by atoms with Crippen LogP contribution < -0.4 is 10.6 Å². The van der Waals surface area contributed by atoms with Gasteiger partial charge in [0.2, 0.25) is 5.95 Å². The Morgan fingerprint density at radius 3 is 2.69 bits per heavy atom. The first kappa shape index (κ1) is 18.4. The van der Waals surface area contributed by atoms with Crippen molar-refractivity contribution < 1.29 is 0 Å². The first-order valence-electron chi connectivity index (χ1n) is 8.33. The van der Waals surface area contributed by atoms with E-state index in [-0.39, 0.29) is 6.04 Å². The summed E-state index contributed by atoms with van der Waals surface area (Å²) < 4.78 is 0. The molecule has 0 fully saturated rings. The lowest BCUT2D eigenvalue weighted by Crippen LogP contribution is -2.16. The van der Waals surface area contributed by atoms with Crippen LogP contribution >= 0.6 is 23.2 Å². The summed E-state index contributed by atoms with van der Waals surface area (Å²) in [5.41, 5.74) is 2.35. The normalized spacial score (nSPS) is 11.8. The summed E-state index contributed by atoms with van der Waals surface area (Å²) in [4.78, 5) is 13.3. The van der Waals surface area contributed by atoms with Crippen molar-refractivity contribution in [2.75, 3.05) is 10.6 Å². The van der Waals surface area contributed by atoms with Gasteiger partial charge in [0.25, 0.3) is 0 Å². The Morgan fingerprint density at radius 1 is 1.12 bits per heavy atom. The third-order valence-corrected chi connectivity index (χ3v) is 4.43. The molecule has 0 saturated heterocycles. The van der Waals surface area contributed by atoms with E-state index in [0.29, 0.717) is 27.5 Å². The molecule has 0 aliphatic rings. The van der Waals surface area contributed by atoms with Crippen molar-refractivity contribution in [2.24, 2.45) is 0 Å². The van der Waals surface area contributed by atoms with E-state index in [1.54, 1.807) is 30.6 Å². The van der Waals surface area contributed by atoms with Gasteiger partial charge in [-0.15, -0.1) is 0 Å². The van der Waals surface area contributed by atoms with Crippen molar-refractivity contribution in [3.63, 3.8) is 0 Å². The summed E-state index contributed by atoms with van der Waals surface area (Å²) in [6, 6.07) is 11.2. The Hall–Kier alpha value is -2.37. The van der Waals surface area contributed by atoms with Gasteiger partial charge in [-0.05, 0) is 43.7 Å². The molecule has 2 heterocycles. The van der Waals surface area contributed by atoms with Crippen molar-refractivity contribution in [2.45, 2.75) is 26.3 Å². The average Bonchev–Trinajstić information content (AvgIpc) is 2.65. The summed E-state index contributed by atoms with van der Waals surface area (Å²) in [6.45, 7) is 4.19. The minimum atomic E-state index is 0.252. The van der Waals surface area contributed by atoms with Gasteiger partial charge in [-0.3, -0.25) is 4.98 Å². The van der Waals surface area contributed by atoms with E-state index >= 15 is 0 Å². The van der Waals surface area contributed by atoms with Crippen LogP contribution in [0.25, 0.3) is 11.3 Å². The van der Waals surface area contributed by atoms with E-state index in [4.69, 9.17) is 23.2 Å². The number of nitrogens with zero attached hydrogens (tertiary/aromatic N) is 3. The molecule has 0 aliphatic heterocycles. The molecule has 2 aromatic heterocycles. The number of pyridine rings is 1. The number of rotatable bonds is 6. The molecule has 3 aromatic rings. The van der Waals surface area contributed by atoms with Gasteiger partial charge in [0, 0.05) is 35.1 Å². The fourth-order valence-corrected chi connectivity index (χ4v) is 2.63. The van der Waals surface area contributed by atoms with Crippen LogP contribution in [-0.2, 0) is 0 Å². The van der Waals surface area contributed by atoms with Gasteiger partial charge in [0.15, 0.2) is 0 Å². The van der Waals surface area contributed by atoms with E-state index in [2.05, 4.69) is 39.4 Å². The summed E-state index contributed by atoms with van der Waals surface area (Å²) in [5, 5.41) is 7.70. The fourth-order valence-electron chi connectivity index (χ4n) is 2.29. The van der Waals surface area contributed by atoms with Crippen LogP contribution in [0.5, 0.6) is 0 Å². The minimum absolute atomic E-state index is 0.252. The Balaban J connectivity index is 2.00. The highest BCUT2D eigenvalue weighted by molar-refractivity contribution is 6.35. The number of aromatic nitrogens is 3. The maximum absolute atomic E-state index is 6.26. The molecule has 0 aliphatic carbocycles. The summed E-state index contributed by atoms with van der Waals surface area (Å²) in [7, 11) is 0. The van der Waals surface area contributed by atoms with Crippen molar-refractivity contribution in [1.29, 1.82) is 0 Å². The molecule has 5 nitrogen and oxygen atoms in total. The van der Waals surface area contributed by atoms with Crippen LogP contribution in [0.15, 0.2) is 48.8 Å². The lowest BCUT2D eigenvalue weighted by atomic mass is 10.2. The minimum Gasteiger partial charge on any atom is -0.352 e. The Kier molecular flexibility index (Phi) is 5.91. The maximum Gasteiger partial charge on any atom is 0.225 e.